The number of rotatable bonds is 6. The van der Waals surface area contributed by atoms with Crippen LogP contribution in [0.15, 0.2) is 36.7 Å². The van der Waals surface area contributed by atoms with Gasteiger partial charge in [-0.25, -0.2) is 0 Å². The summed E-state index contributed by atoms with van der Waals surface area (Å²) in [7, 11) is 1.93. The van der Waals surface area contributed by atoms with E-state index in [4.69, 9.17) is 0 Å². The smallest absolute Gasteiger partial charge is 0.146 e. The second kappa shape index (κ2) is 6.15. The Balaban J connectivity index is 2.10. The molecule has 0 atom stereocenters. The molecule has 0 saturated heterocycles. The van der Waals surface area contributed by atoms with Gasteiger partial charge in [0.15, 0.2) is 0 Å². The Morgan fingerprint density at radius 1 is 1.20 bits per heavy atom. The Morgan fingerprint density at radius 2 is 1.90 bits per heavy atom. The molecule has 0 aliphatic heterocycles. The van der Waals surface area contributed by atoms with Gasteiger partial charge in [-0.3, -0.25) is 4.90 Å². The van der Waals surface area contributed by atoms with E-state index < -0.39 is 5.60 Å². The number of hydrogen-bond donors (Lipinski definition) is 1. The standard InChI is InChI=1S/C15H22N4O/c1-15(2,20)11-19(9-13-7-5-4-6-8-13)10-14-17-16-12-18(14)3/h4-8,12,20H,9-11H2,1-3H3. The maximum atomic E-state index is 10.1. The number of benzene rings is 1. The average molecular weight is 274 g/mol. The van der Waals surface area contributed by atoms with Crippen LogP contribution in [0.3, 0.4) is 0 Å². The lowest BCUT2D eigenvalue weighted by Crippen LogP contribution is -2.38. The minimum atomic E-state index is -0.743. The molecular weight excluding hydrogens is 252 g/mol. The zero-order valence-electron chi connectivity index (χ0n) is 12.3. The molecule has 5 nitrogen and oxygen atoms in total. The number of aryl methyl sites for hydroxylation is 1. The molecular formula is C15H22N4O. The average Bonchev–Trinajstić information content (AvgIpc) is 2.74. The molecule has 0 aliphatic rings. The number of aliphatic hydroxyl groups is 1. The summed E-state index contributed by atoms with van der Waals surface area (Å²) in [5.41, 5.74) is 0.479. The van der Waals surface area contributed by atoms with Crippen molar-refractivity contribution in [2.75, 3.05) is 6.54 Å². The van der Waals surface area contributed by atoms with E-state index in [1.54, 1.807) is 6.33 Å². The van der Waals surface area contributed by atoms with Gasteiger partial charge in [0.1, 0.15) is 12.2 Å². The highest BCUT2D eigenvalue weighted by atomic mass is 16.3. The van der Waals surface area contributed by atoms with Crippen molar-refractivity contribution in [2.24, 2.45) is 7.05 Å². The van der Waals surface area contributed by atoms with E-state index in [-0.39, 0.29) is 0 Å². The molecule has 2 aromatic rings. The largest absolute Gasteiger partial charge is 0.389 e. The molecule has 20 heavy (non-hydrogen) atoms. The molecule has 1 aromatic heterocycles. The zero-order valence-corrected chi connectivity index (χ0v) is 12.3. The monoisotopic (exact) mass is 274 g/mol. The Bertz CT molecular complexity index is 530. The fraction of sp³-hybridized carbons (Fsp3) is 0.467. The Morgan fingerprint density at radius 3 is 2.45 bits per heavy atom. The summed E-state index contributed by atoms with van der Waals surface area (Å²) in [4.78, 5) is 2.18. The quantitative estimate of drug-likeness (QED) is 0.869. The summed E-state index contributed by atoms with van der Waals surface area (Å²) in [6.45, 7) is 5.66. The normalized spacial score (nSPS) is 12.1. The van der Waals surface area contributed by atoms with E-state index in [0.29, 0.717) is 13.1 Å². The maximum absolute atomic E-state index is 10.1. The van der Waals surface area contributed by atoms with Crippen LogP contribution in [-0.4, -0.2) is 36.9 Å². The van der Waals surface area contributed by atoms with Gasteiger partial charge < -0.3 is 9.67 Å². The van der Waals surface area contributed by atoms with Crippen molar-refractivity contribution >= 4 is 0 Å². The van der Waals surface area contributed by atoms with Gasteiger partial charge in [-0.15, -0.1) is 10.2 Å². The minimum absolute atomic E-state index is 0.578. The molecule has 0 spiro atoms. The van der Waals surface area contributed by atoms with Gasteiger partial charge in [-0.1, -0.05) is 30.3 Å². The third kappa shape index (κ3) is 4.43. The van der Waals surface area contributed by atoms with Gasteiger partial charge in [-0.05, 0) is 19.4 Å². The number of hydrogen-bond acceptors (Lipinski definition) is 4. The van der Waals surface area contributed by atoms with Crippen LogP contribution < -0.4 is 0 Å². The Kier molecular flexibility index (Phi) is 4.52. The van der Waals surface area contributed by atoms with Gasteiger partial charge in [0, 0.05) is 20.1 Å². The fourth-order valence-corrected chi connectivity index (χ4v) is 2.21. The van der Waals surface area contributed by atoms with Crippen molar-refractivity contribution < 1.29 is 5.11 Å². The van der Waals surface area contributed by atoms with Crippen LogP contribution in [0.2, 0.25) is 0 Å². The van der Waals surface area contributed by atoms with Crippen LogP contribution in [0.1, 0.15) is 25.2 Å². The van der Waals surface area contributed by atoms with E-state index in [2.05, 4.69) is 27.2 Å². The molecule has 0 radical (unpaired) electrons. The molecule has 0 fully saturated rings. The van der Waals surface area contributed by atoms with Crippen molar-refractivity contribution in [3.8, 4) is 0 Å². The summed E-state index contributed by atoms with van der Waals surface area (Å²) in [6, 6.07) is 10.2. The van der Waals surface area contributed by atoms with Crippen molar-refractivity contribution in [2.45, 2.75) is 32.5 Å². The second-order valence-electron chi connectivity index (χ2n) is 5.80. The van der Waals surface area contributed by atoms with Crippen LogP contribution in [0.25, 0.3) is 0 Å². The molecule has 2 rings (SSSR count). The van der Waals surface area contributed by atoms with Gasteiger partial charge in [0.05, 0.1) is 12.1 Å². The highest BCUT2D eigenvalue weighted by Crippen LogP contribution is 2.12. The Labute approximate surface area is 119 Å². The first kappa shape index (κ1) is 14.7. The summed E-state index contributed by atoms with van der Waals surface area (Å²) in [5, 5.41) is 18.1. The first-order valence-electron chi connectivity index (χ1n) is 6.75. The second-order valence-corrected chi connectivity index (χ2v) is 5.80. The summed E-state index contributed by atoms with van der Waals surface area (Å²) in [5.74, 6) is 0.894. The van der Waals surface area contributed by atoms with Gasteiger partial charge in [0.2, 0.25) is 0 Å². The van der Waals surface area contributed by atoms with Crippen molar-refractivity contribution in [1.29, 1.82) is 0 Å². The van der Waals surface area contributed by atoms with Gasteiger partial charge in [-0.2, -0.15) is 0 Å². The molecule has 0 amide bonds. The number of nitrogens with zero attached hydrogens (tertiary/aromatic N) is 4. The van der Waals surface area contributed by atoms with Crippen LogP contribution in [0, 0.1) is 0 Å². The van der Waals surface area contributed by atoms with Crippen molar-refractivity contribution in [3.05, 3.63) is 48.0 Å². The van der Waals surface area contributed by atoms with E-state index in [1.165, 1.54) is 5.56 Å². The molecule has 1 N–H and O–H groups in total. The zero-order chi connectivity index (χ0) is 14.6. The third-order valence-electron chi connectivity index (χ3n) is 3.03. The highest BCUT2D eigenvalue weighted by Gasteiger charge is 2.20. The Hall–Kier alpha value is -1.72. The lowest BCUT2D eigenvalue weighted by molar-refractivity contribution is 0.0295. The molecule has 1 heterocycles. The SMILES string of the molecule is Cn1cnnc1CN(Cc1ccccc1)CC(C)(C)O. The molecule has 1 aromatic carbocycles. The first-order valence-corrected chi connectivity index (χ1v) is 6.75. The van der Waals surface area contributed by atoms with Gasteiger partial charge in [0.25, 0.3) is 0 Å². The summed E-state index contributed by atoms with van der Waals surface area (Å²) < 4.78 is 1.91. The van der Waals surface area contributed by atoms with Crippen LogP contribution >= 0.6 is 0 Å². The van der Waals surface area contributed by atoms with Crippen LogP contribution in [0.4, 0.5) is 0 Å². The topological polar surface area (TPSA) is 54.2 Å². The van der Waals surface area contributed by atoms with E-state index in [0.717, 1.165) is 12.4 Å². The van der Waals surface area contributed by atoms with E-state index in [9.17, 15) is 5.11 Å². The molecule has 5 heteroatoms. The summed E-state index contributed by atoms with van der Waals surface area (Å²) >= 11 is 0. The van der Waals surface area contributed by atoms with Gasteiger partial charge >= 0.3 is 0 Å². The lowest BCUT2D eigenvalue weighted by atomic mass is 10.1. The molecule has 0 aliphatic carbocycles. The lowest BCUT2D eigenvalue weighted by Gasteiger charge is -2.28. The third-order valence-corrected chi connectivity index (χ3v) is 3.03. The predicted octanol–water partition coefficient (Wildman–Crippen LogP) is 1.59. The number of aromatic nitrogens is 3. The van der Waals surface area contributed by atoms with E-state index >= 15 is 0 Å². The molecule has 0 unspecified atom stereocenters. The van der Waals surface area contributed by atoms with Crippen molar-refractivity contribution in [3.63, 3.8) is 0 Å². The highest BCUT2D eigenvalue weighted by molar-refractivity contribution is 5.14. The minimum Gasteiger partial charge on any atom is -0.389 e. The molecule has 0 saturated carbocycles. The van der Waals surface area contributed by atoms with Crippen LogP contribution in [-0.2, 0) is 20.1 Å². The summed E-state index contributed by atoms with van der Waals surface area (Å²) in [6.07, 6.45) is 1.69. The maximum Gasteiger partial charge on any atom is 0.146 e. The van der Waals surface area contributed by atoms with E-state index in [1.807, 2.05) is 43.7 Å². The van der Waals surface area contributed by atoms with Crippen LogP contribution in [0.5, 0.6) is 0 Å². The molecule has 108 valence electrons. The molecule has 0 bridgehead atoms. The first-order chi connectivity index (χ1) is 9.44. The fourth-order valence-electron chi connectivity index (χ4n) is 2.21. The van der Waals surface area contributed by atoms with Crippen molar-refractivity contribution in [1.82, 2.24) is 19.7 Å². The predicted molar refractivity (Wildman–Crippen MR) is 77.9 cm³/mol.